The van der Waals surface area contributed by atoms with E-state index < -0.39 is 0 Å². The van der Waals surface area contributed by atoms with E-state index in [-0.39, 0.29) is 11.2 Å². The van der Waals surface area contributed by atoms with Crippen LogP contribution in [0.15, 0.2) is 29.1 Å². The normalized spacial score (nSPS) is 8.42. The van der Waals surface area contributed by atoms with Crippen LogP contribution in [0.5, 0.6) is 5.75 Å². The van der Waals surface area contributed by atoms with E-state index >= 15 is 0 Å². The van der Waals surface area contributed by atoms with Gasteiger partial charge in [0.25, 0.3) is 0 Å². The molecule has 0 heterocycles. The lowest BCUT2D eigenvalue weighted by Crippen LogP contribution is -1.91. The second kappa shape index (κ2) is 3.59. The molecule has 0 aliphatic carbocycles. The highest BCUT2D eigenvalue weighted by molar-refractivity contribution is 5.35. The minimum absolute atomic E-state index is 0.251. The van der Waals surface area contributed by atoms with Gasteiger partial charge in [0.15, 0.2) is 5.75 Å². The topological polar surface area (TPSA) is 37.3 Å². The number of hydrogen-bond acceptors (Lipinski definition) is 2. The minimum atomic E-state index is -0.390. The Morgan fingerprint density at radius 1 is 1.25 bits per heavy atom. The van der Waals surface area contributed by atoms with Crippen LogP contribution >= 0.6 is 0 Å². The molecule has 12 heavy (non-hydrogen) atoms. The molecule has 0 bridgehead atoms. The van der Waals surface area contributed by atoms with Crippen LogP contribution in [0, 0.1) is 11.8 Å². The van der Waals surface area contributed by atoms with Crippen molar-refractivity contribution in [1.82, 2.24) is 0 Å². The van der Waals surface area contributed by atoms with E-state index in [1.54, 1.807) is 19.1 Å². The van der Waals surface area contributed by atoms with Crippen LogP contribution in [0.4, 0.5) is 0 Å². The zero-order valence-corrected chi connectivity index (χ0v) is 6.66. The third-order valence-electron chi connectivity index (χ3n) is 1.36. The molecule has 60 valence electrons. The maximum absolute atomic E-state index is 10.9. The summed E-state index contributed by atoms with van der Waals surface area (Å²) >= 11 is 0. The van der Waals surface area contributed by atoms with Crippen molar-refractivity contribution in [3.05, 3.63) is 40.1 Å². The summed E-state index contributed by atoms with van der Waals surface area (Å²) in [4.78, 5) is 10.9. The van der Waals surface area contributed by atoms with Crippen molar-refractivity contribution in [3.63, 3.8) is 0 Å². The maximum atomic E-state index is 10.9. The van der Waals surface area contributed by atoms with Crippen molar-refractivity contribution in [3.8, 4) is 17.6 Å². The average Bonchev–Trinajstić information content (AvgIpc) is 2.20. The van der Waals surface area contributed by atoms with Crippen LogP contribution in [0.3, 0.4) is 0 Å². The summed E-state index contributed by atoms with van der Waals surface area (Å²) in [6.07, 6.45) is 0. The van der Waals surface area contributed by atoms with E-state index in [0.29, 0.717) is 0 Å². The molecular formula is C10H8O2. The van der Waals surface area contributed by atoms with Crippen LogP contribution < -0.4 is 5.43 Å². The van der Waals surface area contributed by atoms with Gasteiger partial charge in [-0.2, -0.15) is 0 Å². The van der Waals surface area contributed by atoms with Crippen molar-refractivity contribution in [2.75, 3.05) is 0 Å². The molecule has 0 saturated carbocycles. The van der Waals surface area contributed by atoms with Gasteiger partial charge in [0, 0.05) is 5.56 Å². The molecule has 2 nitrogen and oxygen atoms in total. The molecule has 1 aromatic carbocycles. The Labute approximate surface area is 70.5 Å². The molecule has 0 saturated heterocycles. The molecule has 0 radical (unpaired) electrons. The maximum Gasteiger partial charge on any atom is 0.220 e. The summed E-state index contributed by atoms with van der Waals surface area (Å²) in [6, 6.07) is 5.84. The standard InChI is InChI=1S/C10H8O2/c1-2-3-8-4-6-9(11)10(12)7-5-8/h4-7H,1H3,(H,11,12). The smallest absolute Gasteiger partial charge is 0.220 e. The van der Waals surface area contributed by atoms with Crippen LogP contribution in [-0.4, -0.2) is 5.11 Å². The van der Waals surface area contributed by atoms with Gasteiger partial charge in [0.1, 0.15) is 0 Å². The van der Waals surface area contributed by atoms with Gasteiger partial charge in [-0.15, -0.1) is 5.92 Å². The van der Waals surface area contributed by atoms with Gasteiger partial charge < -0.3 is 5.11 Å². The fourth-order valence-corrected chi connectivity index (χ4v) is 0.785. The Bertz CT molecular complexity index is 397. The molecule has 0 aliphatic rings. The second-order valence-electron chi connectivity index (χ2n) is 2.25. The van der Waals surface area contributed by atoms with Crippen molar-refractivity contribution >= 4 is 0 Å². The SMILES string of the molecule is CC#Cc1ccc(O)c(=O)cc1. The molecule has 0 amide bonds. The van der Waals surface area contributed by atoms with Crippen LogP contribution in [0.2, 0.25) is 0 Å². The summed E-state index contributed by atoms with van der Waals surface area (Å²) in [5.74, 6) is 5.23. The molecule has 0 spiro atoms. The first kappa shape index (κ1) is 8.35. The summed E-state index contributed by atoms with van der Waals surface area (Å²) in [5.41, 5.74) is 0.328. The summed E-state index contributed by atoms with van der Waals surface area (Å²) in [7, 11) is 0. The Balaban J connectivity index is 3.32. The molecule has 1 rings (SSSR count). The Morgan fingerprint density at radius 2 is 1.92 bits per heavy atom. The lowest BCUT2D eigenvalue weighted by molar-refractivity contribution is 0.471. The van der Waals surface area contributed by atoms with Crippen molar-refractivity contribution < 1.29 is 5.11 Å². The third-order valence-corrected chi connectivity index (χ3v) is 1.36. The van der Waals surface area contributed by atoms with Gasteiger partial charge >= 0.3 is 0 Å². The first-order valence-electron chi connectivity index (χ1n) is 3.50. The quantitative estimate of drug-likeness (QED) is 0.577. The molecule has 2 heteroatoms. The number of hydrogen-bond donors (Lipinski definition) is 1. The number of rotatable bonds is 0. The molecule has 0 unspecified atom stereocenters. The predicted octanol–water partition coefficient (Wildman–Crippen LogP) is 1.12. The molecule has 1 N–H and O–H groups in total. The monoisotopic (exact) mass is 160 g/mol. The number of aromatic hydroxyl groups is 1. The minimum Gasteiger partial charge on any atom is -0.504 e. The van der Waals surface area contributed by atoms with Crippen LogP contribution in [0.1, 0.15) is 12.5 Å². The summed E-state index contributed by atoms with van der Waals surface area (Å²) in [6.45, 7) is 1.71. The van der Waals surface area contributed by atoms with Gasteiger partial charge in [-0.05, 0) is 31.2 Å². The van der Waals surface area contributed by atoms with Gasteiger partial charge in [-0.3, -0.25) is 4.79 Å². The third kappa shape index (κ3) is 1.86. The first-order chi connectivity index (χ1) is 5.74. The van der Waals surface area contributed by atoms with E-state index in [0.717, 1.165) is 5.56 Å². The van der Waals surface area contributed by atoms with Crippen LogP contribution in [-0.2, 0) is 0 Å². The summed E-state index contributed by atoms with van der Waals surface area (Å²) < 4.78 is 0. The highest BCUT2D eigenvalue weighted by Crippen LogP contribution is 1.99. The molecule has 0 aromatic heterocycles. The lowest BCUT2D eigenvalue weighted by Gasteiger charge is -1.77. The van der Waals surface area contributed by atoms with Gasteiger partial charge in [0.2, 0.25) is 5.43 Å². The van der Waals surface area contributed by atoms with Crippen molar-refractivity contribution in [2.45, 2.75) is 6.92 Å². The highest BCUT2D eigenvalue weighted by Gasteiger charge is 1.90. The van der Waals surface area contributed by atoms with E-state index in [2.05, 4.69) is 11.8 Å². The highest BCUT2D eigenvalue weighted by atomic mass is 16.3. The Hall–Kier alpha value is -1.75. The molecule has 1 aromatic rings. The molecule has 0 aliphatic heterocycles. The molecule has 0 atom stereocenters. The fourth-order valence-electron chi connectivity index (χ4n) is 0.785. The fraction of sp³-hybridized carbons (Fsp3) is 0.100. The predicted molar refractivity (Wildman–Crippen MR) is 46.9 cm³/mol. The van der Waals surface area contributed by atoms with Gasteiger partial charge in [-0.1, -0.05) is 5.92 Å². The zero-order chi connectivity index (χ0) is 8.97. The second-order valence-corrected chi connectivity index (χ2v) is 2.25. The van der Waals surface area contributed by atoms with E-state index in [1.165, 1.54) is 12.1 Å². The Kier molecular flexibility index (Phi) is 2.49. The first-order valence-corrected chi connectivity index (χ1v) is 3.50. The van der Waals surface area contributed by atoms with Crippen LogP contribution in [0.25, 0.3) is 0 Å². The lowest BCUT2D eigenvalue weighted by atomic mass is 10.3. The van der Waals surface area contributed by atoms with Crippen molar-refractivity contribution in [2.24, 2.45) is 0 Å². The average molecular weight is 160 g/mol. The zero-order valence-electron chi connectivity index (χ0n) is 6.66. The van der Waals surface area contributed by atoms with Gasteiger partial charge in [0.05, 0.1) is 0 Å². The van der Waals surface area contributed by atoms with E-state index in [9.17, 15) is 4.79 Å². The van der Waals surface area contributed by atoms with Crippen molar-refractivity contribution in [1.29, 1.82) is 0 Å². The Morgan fingerprint density at radius 3 is 2.58 bits per heavy atom. The van der Waals surface area contributed by atoms with E-state index in [1.807, 2.05) is 0 Å². The largest absolute Gasteiger partial charge is 0.504 e. The van der Waals surface area contributed by atoms with E-state index in [4.69, 9.17) is 5.11 Å². The molecule has 0 fully saturated rings. The molecular weight excluding hydrogens is 152 g/mol. The summed E-state index contributed by atoms with van der Waals surface area (Å²) in [5, 5.41) is 9.01. The van der Waals surface area contributed by atoms with Gasteiger partial charge in [-0.25, -0.2) is 0 Å².